The van der Waals surface area contributed by atoms with Crippen LogP contribution in [0.4, 0.5) is 0 Å². The molecule has 11 fully saturated rings. The maximum absolute atomic E-state index is 12.3. The largest absolute Gasteiger partial charge is 0.508 e. The molecule has 5 N–H and O–H groups in total. The van der Waals surface area contributed by atoms with E-state index in [1.165, 1.54) is 98.5 Å². The predicted molar refractivity (Wildman–Crippen MR) is 389 cm³/mol. The summed E-state index contributed by atoms with van der Waals surface area (Å²) in [5, 5.41) is 51.0. The Balaban J connectivity index is 0.000000201. The van der Waals surface area contributed by atoms with Crippen molar-refractivity contribution in [2.75, 3.05) is 6.61 Å². The second kappa shape index (κ2) is 28.8. The third kappa shape index (κ3) is 12.7. The molecule has 0 spiro atoms. The number of allylic oxidation sites excluding steroid dienone is 3. The first kappa shape index (κ1) is 74.1. The van der Waals surface area contributed by atoms with E-state index in [4.69, 9.17) is 0 Å². The minimum atomic E-state index is -0.430. The first-order chi connectivity index (χ1) is 45.2. The maximum Gasteiger partial charge on any atom is 0.161 e. The molecule has 24 atom stereocenters. The Kier molecular flexibility index (Phi) is 22.5. The molecular weight excluding hydrogens is 1180 g/mol. The number of aliphatic hydroxyl groups excluding tert-OH is 4. The molecule has 1 aromatic rings. The molecule has 0 amide bonds. The number of hydrogen-bond acceptors (Lipinski definition) is 10. The zero-order valence-electron chi connectivity index (χ0n) is 61.8. The predicted octanol–water partition coefficient (Wildman–Crippen LogP) is 18.9. The van der Waals surface area contributed by atoms with Crippen molar-refractivity contribution in [1.29, 1.82) is 0 Å². The Labute approximate surface area is 580 Å². The summed E-state index contributed by atoms with van der Waals surface area (Å²) >= 11 is 0. The van der Waals surface area contributed by atoms with Gasteiger partial charge >= 0.3 is 0 Å². The van der Waals surface area contributed by atoms with Crippen molar-refractivity contribution in [1.82, 2.24) is 0 Å². The molecule has 0 heterocycles. The summed E-state index contributed by atoms with van der Waals surface area (Å²) in [7, 11) is 0. The topological polar surface area (TPSA) is 186 Å². The Bertz CT molecular complexity index is 3100. The van der Waals surface area contributed by atoms with E-state index in [1.807, 2.05) is 71.9 Å². The van der Waals surface area contributed by atoms with Crippen LogP contribution in [0.3, 0.4) is 0 Å². The zero-order chi connectivity index (χ0) is 69.1. The summed E-state index contributed by atoms with van der Waals surface area (Å²) in [5.41, 5.74) is 7.80. The van der Waals surface area contributed by atoms with Crippen LogP contribution in [0.5, 0.6) is 5.75 Å². The Morgan fingerprint density at radius 3 is 1.39 bits per heavy atom. The molecule has 0 bridgehead atoms. The van der Waals surface area contributed by atoms with Crippen LogP contribution in [-0.2, 0) is 30.4 Å². The van der Waals surface area contributed by atoms with E-state index in [1.54, 1.807) is 6.92 Å². The van der Waals surface area contributed by atoms with E-state index in [2.05, 4.69) is 54.5 Å². The lowest BCUT2D eigenvalue weighted by atomic mass is 9.46. The van der Waals surface area contributed by atoms with Crippen LogP contribution in [0.1, 0.15) is 299 Å². The van der Waals surface area contributed by atoms with Gasteiger partial charge in [0.15, 0.2) is 23.1 Å². The number of phenolic OH excluding ortho intramolecular Hbond substituents is 1. The monoisotopic (exact) mass is 1320 g/mol. The minimum Gasteiger partial charge on any atom is -0.508 e. The SMILES string of the molecule is CC.CC.CC.CC(=O)[C@H]1CCC2C3CCC4=CC(=O)CC[C@]4(C)C3CC[C@@]21C.C[C@]12CCC(=O)C=C1CCC1C2C(O)C[C@@]2(C)C1CC[C@@H]2C(=O)CO.C[C@]12CCC(=O)C=C1CCC1C2CC[C@@]2(C)C1CC[C@@H]2O.C[C@]12CCC3c4ccc(O)cc4CCC3C1CC[C@@H]2O.[2HH].[2HH].[2HH].[2HH]. The number of phenols is 1. The summed E-state index contributed by atoms with van der Waals surface area (Å²) in [4.78, 5) is 60.0. The van der Waals surface area contributed by atoms with Crippen molar-refractivity contribution < 1.29 is 55.2 Å². The molecule has 0 aromatic heterocycles. The lowest BCUT2D eigenvalue weighted by molar-refractivity contribution is -0.146. The molecule has 10 nitrogen and oxygen atoms in total. The van der Waals surface area contributed by atoms with Crippen molar-refractivity contribution in [2.24, 2.45) is 115 Å². The maximum atomic E-state index is 12.3. The van der Waals surface area contributed by atoms with Crippen LogP contribution >= 0.6 is 0 Å². The number of fused-ring (bicyclic) bond motifs is 20. The smallest absolute Gasteiger partial charge is 0.161 e. The minimum absolute atomic E-state index is 0. The van der Waals surface area contributed by atoms with E-state index < -0.39 is 6.10 Å². The van der Waals surface area contributed by atoms with Crippen LogP contribution in [0.15, 0.2) is 53.1 Å². The van der Waals surface area contributed by atoms with Crippen LogP contribution in [0.2, 0.25) is 0 Å². The first-order valence-corrected chi connectivity index (χ1v) is 39.4. The molecule has 16 rings (SSSR count). The molecule has 10 heteroatoms. The van der Waals surface area contributed by atoms with Gasteiger partial charge in [-0.25, -0.2) is 0 Å². The molecule has 0 radical (unpaired) electrons. The number of aliphatic hydroxyl groups is 4. The summed E-state index contributed by atoms with van der Waals surface area (Å²) in [6.07, 6.45) is 35.8. The van der Waals surface area contributed by atoms with E-state index in [9.17, 15) is 49.5 Å². The highest BCUT2D eigenvalue weighted by Gasteiger charge is 2.65. The zero-order valence-corrected chi connectivity index (χ0v) is 61.8. The number of ketones is 5. The summed E-state index contributed by atoms with van der Waals surface area (Å²) in [6.45, 7) is 29.8. The number of Topliss-reactive ketones (excluding diaryl/α,β-unsaturated/α-hetero) is 2. The number of carbonyl (C=O) groups is 5. The fraction of sp³-hybridized carbons (Fsp3) is 0.800. The van der Waals surface area contributed by atoms with E-state index >= 15 is 0 Å². The average molecular weight is 1320 g/mol. The van der Waals surface area contributed by atoms with Gasteiger partial charge in [0.05, 0.1) is 18.3 Å². The second-order valence-corrected chi connectivity index (χ2v) is 34.7. The Hall–Kier alpha value is -3.57. The third-order valence-electron chi connectivity index (χ3n) is 31.5. The first-order valence-electron chi connectivity index (χ1n) is 39.4. The molecule has 0 saturated heterocycles. The van der Waals surface area contributed by atoms with Crippen molar-refractivity contribution >= 4 is 28.9 Å². The highest BCUT2D eigenvalue weighted by Crippen LogP contribution is 2.70. The summed E-state index contributed by atoms with van der Waals surface area (Å²) in [6, 6.07) is 5.96. The van der Waals surface area contributed by atoms with Gasteiger partial charge < -0.3 is 25.5 Å². The van der Waals surface area contributed by atoms with E-state index in [0.717, 1.165) is 138 Å². The quantitative estimate of drug-likeness (QED) is 0.195. The molecule has 95 heavy (non-hydrogen) atoms. The Morgan fingerprint density at radius 2 is 0.874 bits per heavy atom. The lowest BCUT2D eigenvalue weighted by Gasteiger charge is -2.59. The standard InChI is InChI=1S/C21H30O4.C21H30O2.C19H28O2.C18H24O2.3C2H6.4H2/c1-20-8-7-13(23)9-12(20)3-4-14-15-5-6-16(18(25)11-22)21(15,2)10-17(24)19(14)20;1-13(22)17-6-7-18-16-5-4-14-12-15(23)8-10-20(14,2)19(16)9-11-21(17,18)3;1-18-9-7-13(20)11-12(18)3-4-14-15-5-6-17(21)19(15,2)10-8-16(14)18;1-18-9-8-14-13-5-3-12(19)10-11(13)2-4-15(14)16(18)6-7-17(18)20;3*1-2;;;;/h9,14-17,19,22,24H,3-8,10-11H2,1-2H3;12,16-19H,4-11H2,1-3H3;11,14-17,21H,3-10H2,1-2H3;3,5,10,14-17,19-20H,2,4,6-9H2,1H3;3*1-2H3;4*1H/t14?,15?,16-,17?,19?,20+,21+;16?,17-,18?,19?,20+,21-;14?,15?,16?,17-,18-,19-;14?,15?,16?,17-,18-;;;;;;;/m1100......./s1/i;;;;;;;4*1+1. The molecule has 13 unspecified atom stereocenters. The van der Waals surface area contributed by atoms with Gasteiger partial charge in [-0.15, -0.1) is 0 Å². The van der Waals surface area contributed by atoms with E-state index in [-0.39, 0.29) is 85.8 Å². The number of carbonyl (C=O) groups excluding carboxylic acids is 5. The van der Waals surface area contributed by atoms with Gasteiger partial charge in [-0.1, -0.05) is 113 Å². The lowest BCUT2D eigenvalue weighted by Crippen LogP contribution is -2.57. The fourth-order valence-corrected chi connectivity index (χ4v) is 26.6. The number of aromatic hydroxyl groups is 1. The van der Waals surface area contributed by atoms with Gasteiger partial charge in [0, 0.05) is 36.8 Å². The van der Waals surface area contributed by atoms with E-state index in [0.29, 0.717) is 71.4 Å². The van der Waals surface area contributed by atoms with Crippen LogP contribution in [-0.4, -0.2) is 79.4 Å². The number of rotatable bonds is 3. The van der Waals surface area contributed by atoms with Crippen molar-refractivity contribution in [3.05, 3.63) is 64.3 Å². The highest BCUT2D eigenvalue weighted by atomic mass is 16.3. The van der Waals surface area contributed by atoms with Crippen LogP contribution in [0.25, 0.3) is 0 Å². The number of hydrogen-bond donors (Lipinski definition) is 5. The van der Waals surface area contributed by atoms with Gasteiger partial charge in [0.25, 0.3) is 0 Å². The molecule has 1 aromatic carbocycles. The third-order valence-corrected chi connectivity index (χ3v) is 31.5. The molecule has 11 saturated carbocycles. The number of benzene rings is 1. The summed E-state index contributed by atoms with van der Waals surface area (Å²) < 4.78 is 0. The van der Waals surface area contributed by atoms with Gasteiger partial charge in [0.2, 0.25) is 0 Å². The van der Waals surface area contributed by atoms with Crippen molar-refractivity contribution in [2.45, 2.75) is 307 Å². The van der Waals surface area contributed by atoms with Gasteiger partial charge in [0.1, 0.15) is 18.1 Å². The molecule has 15 aliphatic rings. The molecular formula is C85H138O10. The van der Waals surface area contributed by atoms with Crippen molar-refractivity contribution in [3.8, 4) is 5.75 Å². The molecule has 0 aliphatic heterocycles. The van der Waals surface area contributed by atoms with Crippen LogP contribution in [0, 0.1) is 115 Å². The average Bonchev–Trinajstić information content (AvgIpc) is 1.71. The van der Waals surface area contributed by atoms with Gasteiger partial charge in [-0.2, -0.15) is 0 Å². The van der Waals surface area contributed by atoms with Gasteiger partial charge in [-0.3, -0.25) is 24.0 Å². The summed E-state index contributed by atoms with van der Waals surface area (Å²) in [5.74, 6) is 9.47. The fourth-order valence-electron chi connectivity index (χ4n) is 26.6. The number of aryl methyl sites for hydroxylation is 1. The molecule has 15 aliphatic carbocycles. The van der Waals surface area contributed by atoms with Gasteiger partial charge in [-0.05, 0) is 324 Å². The normalized spacial score (nSPS) is 45.6. The van der Waals surface area contributed by atoms with Crippen LogP contribution < -0.4 is 0 Å². The highest BCUT2D eigenvalue weighted by molar-refractivity contribution is 5.93. The van der Waals surface area contributed by atoms with Crippen molar-refractivity contribution in [3.63, 3.8) is 0 Å². The second-order valence-electron chi connectivity index (χ2n) is 34.7. The molecule has 538 valence electrons. The Morgan fingerprint density at radius 1 is 0.453 bits per heavy atom.